The summed E-state index contributed by atoms with van der Waals surface area (Å²) in [6.45, 7) is 1.02. The van der Waals surface area contributed by atoms with E-state index in [-0.39, 0.29) is 5.91 Å². The van der Waals surface area contributed by atoms with Gasteiger partial charge in [0.1, 0.15) is 5.76 Å². The van der Waals surface area contributed by atoms with Gasteiger partial charge in [-0.2, -0.15) is 0 Å². The Hall–Kier alpha value is -2.03. The number of anilines is 1. The Morgan fingerprint density at radius 2 is 2.04 bits per heavy atom. The molecule has 0 aliphatic carbocycles. The Balaban J connectivity index is 1.39. The lowest BCUT2D eigenvalue weighted by Gasteiger charge is -2.04. The molecule has 25 heavy (non-hydrogen) atoms. The molecule has 3 rings (SSSR count). The van der Waals surface area contributed by atoms with E-state index in [0.29, 0.717) is 29.0 Å². The van der Waals surface area contributed by atoms with E-state index in [4.69, 9.17) is 16.0 Å². The third kappa shape index (κ3) is 5.77. The first kappa shape index (κ1) is 17.8. The third-order valence-corrected chi connectivity index (χ3v) is 5.40. The molecule has 1 amide bonds. The minimum absolute atomic E-state index is 0.0553. The summed E-state index contributed by atoms with van der Waals surface area (Å²) in [5.41, 5.74) is 1.00. The van der Waals surface area contributed by atoms with E-state index in [1.807, 2.05) is 24.3 Å². The maximum absolute atomic E-state index is 11.9. The van der Waals surface area contributed by atoms with Crippen LogP contribution in [0.2, 0.25) is 5.02 Å². The molecule has 6 nitrogen and oxygen atoms in total. The van der Waals surface area contributed by atoms with Crippen LogP contribution in [0.4, 0.5) is 5.13 Å². The third-order valence-electron chi connectivity index (χ3n) is 3.13. The SMILES string of the molecule is O=C(CSc1nnc(NCc2ccco2)s1)NCc1ccc(Cl)cc1. The molecular formula is C16H15ClN4O2S2. The van der Waals surface area contributed by atoms with Gasteiger partial charge < -0.3 is 15.1 Å². The van der Waals surface area contributed by atoms with Gasteiger partial charge in [0.2, 0.25) is 11.0 Å². The van der Waals surface area contributed by atoms with Crippen LogP contribution in [0.25, 0.3) is 0 Å². The maximum Gasteiger partial charge on any atom is 0.230 e. The van der Waals surface area contributed by atoms with Gasteiger partial charge in [-0.05, 0) is 29.8 Å². The minimum atomic E-state index is -0.0553. The van der Waals surface area contributed by atoms with E-state index in [2.05, 4.69) is 20.8 Å². The van der Waals surface area contributed by atoms with Crippen molar-refractivity contribution in [2.75, 3.05) is 11.1 Å². The number of nitrogens with zero attached hydrogens (tertiary/aromatic N) is 2. The average molecular weight is 395 g/mol. The molecule has 0 spiro atoms. The Bertz CT molecular complexity index is 806. The fraction of sp³-hybridized carbons (Fsp3) is 0.188. The summed E-state index contributed by atoms with van der Waals surface area (Å²) in [7, 11) is 0. The molecule has 0 aliphatic rings. The van der Waals surface area contributed by atoms with Crippen LogP contribution in [0.3, 0.4) is 0 Å². The van der Waals surface area contributed by atoms with Crippen LogP contribution in [0.1, 0.15) is 11.3 Å². The zero-order valence-electron chi connectivity index (χ0n) is 13.1. The first-order valence-electron chi connectivity index (χ1n) is 7.43. The van der Waals surface area contributed by atoms with Crippen LogP contribution >= 0.6 is 34.7 Å². The van der Waals surface area contributed by atoms with Crippen LogP contribution in [0, 0.1) is 0 Å². The minimum Gasteiger partial charge on any atom is -0.467 e. The number of rotatable bonds is 8. The van der Waals surface area contributed by atoms with Crippen molar-refractivity contribution in [1.82, 2.24) is 15.5 Å². The first-order chi connectivity index (χ1) is 12.2. The quantitative estimate of drug-likeness (QED) is 0.565. The summed E-state index contributed by atoms with van der Waals surface area (Å²) in [4.78, 5) is 11.9. The van der Waals surface area contributed by atoms with Crippen molar-refractivity contribution in [2.24, 2.45) is 0 Å². The van der Waals surface area contributed by atoms with E-state index < -0.39 is 0 Å². The van der Waals surface area contributed by atoms with Gasteiger partial charge in [0.25, 0.3) is 0 Å². The zero-order chi connectivity index (χ0) is 17.5. The molecule has 130 valence electrons. The van der Waals surface area contributed by atoms with Crippen LogP contribution in [-0.2, 0) is 17.9 Å². The number of thioether (sulfide) groups is 1. The Morgan fingerprint density at radius 3 is 2.80 bits per heavy atom. The monoisotopic (exact) mass is 394 g/mol. The number of hydrogen-bond donors (Lipinski definition) is 2. The van der Waals surface area contributed by atoms with Crippen LogP contribution in [-0.4, -0.2) is 21.9 Å². The number of benzene rings is 1. The number of furan rings is 1. The van der Waals surface area contributed by atoms with E-state index in [1.54, 1.807) is 18.4 Å². The van der Waals surface area contributed by atoms with Gasteiger partial charge in [-0.15, -0.1) is 10.2 Å². The predicted octanol–water partition coefficient (Wildman–Crippen LogP) is 3.81. The molecule has 0 saturated heterocycles. The van der Waals surface area contributed by atoms with Crippen LogP contribution in [0.15, 0.2) is 51.4 Å². The number of halogens is 1. The van der Waals surface area contributed by atoms with Crippen LogP contribution in [0.5, 0.6) is 0 Å². The van der Waals surface area contributed by atoms with Crippen molar-refractivity contribution >= 4 is 45.7 Å². The molecule has 0 radical (unpaired) electrons. The summed E-state index contributed by atoms with van der Waals surface area (Å²) in [5, 5.41) is 15.5. The van der Waals surface area contributed by atoms with Gasteiger partial charge in [-0.1, -0.05) is 46.8 Å². The smallest absolute Gasteiger partial charge is 0.230 e. The molecule has 0 aliphatic heterocycles. The summed E-state index contributed by atoms with van der Waals surface area (Å²) in [6, 6.07) is 11.1. The van der Waals surface area contributed by atoms with Crippen molar-refractivity contribution in [3.05, 3.63) is 59.0 Å². The standard InChI is InChI=1S/C16H15ClN4O2S2/c17-12-5-3-11(4-6-12)8-18-14(22)10-24-16-21-20-15(25-16)19-9-13-2-1-7-23-13/h1-7H,8-10H2,(H,18,22)(H,19,20). The molecule has 1 aromatic carbocycles. The highest BCUT2D eigenvalue weighted by Crippen LogP contribution is 2.25. The second-order valence-corrected chi connectivity index (χ2v) is 7.63. The molecule has 9 heteroatoms. The average Bonchev–Trinajstić information content (AvgIpc) is 3.29. The molecule has 0 unspecified atom stereocenters. The Kier molecular flexibility index (Phi) is 6.32. The normalized spacial score (nSPS) is 10.6. The lowest BCUT2D eigenvalue weighted by Crippen LogP contribution is -2.24. The van der Waals surface area contributed by atoms with E-state index in [9.17, 15) is 4.79 Å². The lowest BCUT2D eigenvalue weighted by atomic mass is 10.2. The van der Waals surface area contributed by atoms with Gasteiger partial charge in [-0.3, -0.25) is 4.79 Å². The van der Waals surface area contributed by atoms with Gasteiger partial charge in [0, 0.05) is 11.6 Å². The summed E-state index contributed by atoms with van der Waals surface area (Å²) in [6.07, 6.45) is 1.63. The molecule has 3 aromatic rings. The predicted molar refractivity (Wildman–Crippen MR) is 100.0 cm³/mol. The van der Waals surface area contributed by atoms with E-state index in [1.165, 1.54) is 23.1 Å². The summed E-state index contributed by atoms with van der Waals surface area (Å²) >= 11 is 8.60. The first-order valence-corrected chi connectivity index (χ1v) is 9.61. The maximum atomic E-state index is 11.9. The number of carbonyl (C=O) groups is 1. The summed E-state index contributed by atoms with van der Waals surface area (Å²) in [5.74, 6) is 1.06. The van der Waals surface area contributed by atoms with Gasteiger partial charge in [-0.25, -0.2) is 0 Å². The molecule has 0 bridgehead atoms. The van der Waals surface area contributed by atoms with Crippen LogP contribution < -0.4 is 10.6 Å². The summed E-state index contributed by atoms with van der Waals surface area (Å²) < 4.78 is 5.98. The molecule has 0 atom stereocenters. The highest BCUT2D eigenvalue weighted by Gasteiger charge is 2.08. The number of nitrogens with one attached hydrogen (secondary N) is 2. The molecule has 0 fully saturated rings. The fourth-order valence-electron chi connectivity index (χ4n) is 1.90. The molecular weight excluding hydrogens is 380 g/mol. The van der Waals surface area contributed by atoms with Gasteiger partial charge in [0.05, 0.1) is 18.6 Å². The molecule has 2 heterocycles. The Morgan fingerprint density at radius 1 is 1.20 bits per heavy atom. The van der Waals surface area contributed by atoms with Crippen molar-refractivity contribution in [2.45, 2.75) is 17.4 Å². The van der Waals surface area contributed by atoms with Crippen molar-refractivity contribution in [1.29, 1.82) is 0 Å². The highest BCUT2D eigenvalue weighted by atomic mass is 35.5. The Labute approximate surface area is 158 Å². The second kappa shape index (κ2) is 8.89. The van der Waals surface area contributed by atoms with Crippen molar-refractivity contribution < 1.29 is 9.21 Å². The highest BCUT2D eigenvalue weighted by molar-refractivity contribution is 8.01. The largest absolute Gasteiger partial charge is 0.467 e. The van der Waals surface area contributed by atoms with E-state index in [0.717, 1.165) is 15.7 Å². The molecule has 2 aromatic heterocycles. The number of amides is 1. The zero-order valence-corrected chi connectivity index (χ0v) is 15.5. The van der Waals surface area contributed by atoms with Crippen molar-refractivity contribution in [3.63, 3.8) is 0 Å². The molecule has 0 saturated carbocycles. The van der Waals surface area contributed by atoms with Crippen molar-refractivity contribution in [3.8, 4) is 0 Å². The molecule has 2 N–H and O–H groups in total. The second-order valence-electron chi connectivity index (χ2n) is 5.00. The van der Waals surface area contributed by atoms with E-state index >= 15 is 0 Å². The lowest BCUT2D eigenvalue weighted by molar-refractivity contribution is -0.118. The number of aromatic nitrogens is 2. The van der Waals surface area contributed by atoms with Gasteiger partial charge >= 0.3 is 0 Å². The fourth-order valence-corrected chi connectivity index (χ4v) is 3.60. The number of hydrogen-bond acceptors (Lipinski definition) is 7. The topological polar surface area (TPSA) is 80.1 Å². The van der Waals surface area contributed by atoms with Gasteiger partial charge in [0.15, 0.2) is 4.34 Å². The number of carbonyl (C=O) groups excluding carboxylic acids is 1.